The molecule has 2 aliphatic carbocycles. The zero-order valence-corrected chi connectivity index (χ0v) is 20.3. The lowest BCUT2D eigenvalue weighted by atomic mass is 10.0. The van der Waals surface area contributed by atoms with Gasteiger partial charge >= 0.3 is 0 Å². The zero-order chi connectivity index (χ0) is 23.8. The molecule has 0 bridgehead atoms. The summed E-state index contributed by atoms with van der Waals surface area (Å²) in [6.45, 7) is 0.783. The number of likely N-dealkylation sites (N-methyl/N-ethyl adjacent to an activating group) is 1. The summed E-state index contributed by atoms with van der Waals surface area (Å²) < 4.78 is 0. The second kappa shape index (κ2) is 9.32. The van der Waals surface area contributed by atoms with E-state index >= 15 is 0 Å². The molecule has 2 aromatic heterocycles. The molecule has 3 heterocycles. The van der Waals surface area contributed by atoms with Crippen LogP contribution in [-0.4, -0.2) is 45.7 Å². The Morgan fingerprint density at radius 1 is 1.06 bits per heavy atom. The molecule has 1 saturated carbocycles. The Labute approximate surface area is 206 Å². The number of H-pyrrole nitrogens is 1. The van der Waals surface area contributed by atoms with E-state index in [9.17, 15) is 4.79 Å². The number of aromatic nitrogens is 4. The van der Waals surface area contributed by atoms with Crippen LogP contribution in [0.3, 0.4) is 0 Å². The Balaban J connectivity index is 1.26. The van der Waals surface area contributed by atoms with E-state index < -0.39 is 0 Å². The minimum Gasteiger partial charge on any atom is -0.329 e. The van der Waals surface area contributed by atoms with Gasteiger partial charge < -0.3 is 15.1 Å². The van der Waals surface area contributed by atoms with Crippen molar-refractivity contribution in [2.24, 2.45) is 0 Å². The Morgan fingerprint density at radius 3 is 2.71 bits per heavy atom. The summed E-state index contributed by atoms with van der Waals surface area (Å²) in [5, 5.41) is 11.3. The van der Waals surface area contributed by atoms with Gasteiger partial charge in [0.2, 0.25) is 11.9 Å². The molecule has 8 nitrogen and oxygen atoms in total. The molecule has 3 aromatic rings. The second-order valence-corrected chi connectivity index (χ2v) is 10.1. The molecule has 2 N–H and O–H groups in total. The van der Waals surface area contributed by atoms with Crippen LogP contribution in [0, 0.1) is 0 Å². The van der Waals surface area contributed by atoms with E-state index in [1.807, 2.05) is 37.4 Å². The molecule has 1 saturated heterocycles. The molecule has 0 spiro atoms. The fraction of sp³-hybridized carbons (Fsp3) is 0.481. The third-order valence-corrected chi connectivity index (χ3v) is 7.83. The van der Waals surface area contributed by atoms with Crippen LogP contribution in [-0.2, 0) is 17.6 Å². The van der Waals surface area contributed by atoms with E-state index in [0.717, 1.165) is 61.7 Å². The zero-order valence-electron chi connectivity index (χ0n) is 20.3. The van der Waals surface area contributed by atoms with Crippen LogP contribution < -0.4 is 15.1 Å². The number of nitrogens with one attached hydrogen (secondary N) is 2. The van der Waals surface area contributed by atoms with Gasteiger partial charge in [0.1, 0.15) is 11.9 Å². The highest BCUT2D eigenvalue weighted by Crippen LogP contribution is 2.36. The SMILES string of the molecule is CN(C(=O)[C@H]1CCCN1c1nc2c(c(Nc3cc(C4CCCC4)[nH]n3)n1)CCC2)c1ccccc1. The molecule has 3 aliphatic rings. The van der Waals surface area contributed by atoms with Crippen LogP contribution in [0.2, 0.25) is 0 Å². The highest BCUT2D eigenvalue weighted by atomic mass is 16.2. The van der Waals surface area contributed by atoms with Crippen LogP contribution in [0.5, 0.6) is 0 Å². The fourth-order valence-corrected chi connectivity index (χ4v) is 5.88. The number of rotatable bonds is 6. The third kappa shape index (κ3) is 4.26. The smallest absolute Gasteiger partial charge is 0.249 e. The lowest BCUT2D eigenvalue weighted by molar-refractivity contribution is -0.119. The van der Waals surface area contributed by atoms with E-state index in [-0.39, 0.29) is 11.9 Å². The van der Waals surface area contributed by atoms with Crippen LogP contribution in [0.1, 0.15) is 67.8 Å². The highest BCUT2D eigenvalue weighted by Gasteiger charge is 2.36. The number of benzene rings is 1. The summed E-state index contributed by atoms with van der Waals surface area (Å²) in [5.74, 6) is 2.96. The van der Waals surface area contributed by atoms with Gasteiger partial charge in [0, 0.05) is 42.5 Å². The normalized spacial score (nSPS) is 19.8. The summed E-state index contributed by atoms with van der Waals surface area (Å²) in [6, 6.07) is 11.7. The fourth-order valence-electron chi connectivity index (χ4n) is 5.88. The monoisotopic (exact) mass is 471 g/mol. The molecule has 1 atom stereocenters. The lowest BCUT2D eigenvalue weighted by Crippen LogP contribution is -2.45. The van der Waals surface area contributed by atoms with Gasteiger partial charge in [0.05, 0.1) is 5.69 Å². The molecule has 0 radical (unpaired) electrons. The number of carbonyl (C=O) groups excluding carboxylic acids is 1. The first-order chi connectivity index (χ1) is 17.2. The van der Waals surface area contributed by atoms with Crippen molar-refractivity contribution in [1.82, 2.24) is 20.2 Å². The summed E-state index contributed by atoms with van der Waals surface area (Å²) >= 11 is 0. The van der Waals surface area contributed by atoms with Crippen LogP contribution in [0.25, 0.3) is 0 Å². The van der Waals surface area contributed by atoms with Crippen molar-refractivity contribution in [2.75, 3.05) is 28.7 Å². The van der Waals surface area contributed by atoms with Gasteiger partial charge in [-0.3, -0.25) is 9.89 Å². The van der Waals surface area contributed by atoms with E-state index in [1.165, 1.54) is 36.9 Å². The molecule has 8 heteroatoms. The highest BCUT2D eigenvalue weighted by molar-refractivity contribution is 5.98. The largest absolute Gasteiger partial charge is 0.329 e. The van der Waals surface area contributed by atoms with Gasteiger partial charge in [-0.25, -0.2) is 4.98 Å². The van der Waals surface area contributed by atoms with E-state index in [1.54, 1.807) is 4.90 Å². The predicted molar refractivity (Wildman–Crippen MR) is 137 cm³/mol. The number of fused-ring (bicyclic) bond motifs is 1. The van der Waals surface area contributed by atoms with Crippen molar-refractivity contribution in [3.8, 4) is 0 Å². The molecule has 6 rings (SSSR count). The average molecular weight is 472 g/mol. The van der Waals surface area contributed by atoms with Gasteiger partial charge in [-0.1, -0.05) is 31.0 Å². The molecular formula is C27H33N7O. The Hall–Kier alpha value is -3.42. The first-order valence-corrected chi connectivity index (χ1v) is 13.0. The minimum atomic E-state index is -0.258. The third-order valence-electron chi connectivity index (χ3n) is 7.83. The Bertz CT molecular complexity index is 1200. The lowest BCUT2D eigenvalue weighted by Gasteiger charge is -2.28. The van der Waals surface area contributed by atoms with Crippen molar-refractivity contribution in [2.45, 2.75) is 69.7 Å². The Morgan fingerprint density at radius 2 is 1.89 bits per heavy atom. The van der Waals surface area contributed by atoms with Gasteiger partial charge in [-0.15, -0.1) is 0 Å². The number of nitrogens with zero attached hydrogens (tertiary/aromatic N) is 5. The summed E-state index contributed by atoms with van der Waals surface area (Å²) in [6.07, 6.45) is 9.81. The van der Waals surface area contributed by atoms with Crippen LogP contribution in [0.4, 0.5) is 23.3 Å². The van der Waals surface area contributed by atoms with E-state index in [2.05, 4.69) is 26.5 Å². The maximum absolute atomic E-state index is 13.5. The number of carbonyl (C=O) groups is 1. The van der Waals surface area contributed by atoms with Crippen LogP contribution in [0.15, 0.2) is 36.4 Å². The van der Waals surface area contributed by atoms with Crippen molar-refractivity contribution < 1.29 is 4.79 Å². The van der Waals surface area contributed by atoms with Crippen molar-refractivity contribution in [3.63, 3.8) is 0 Å². The molecule has 2 fully saturated rings. The van der Waals surface area contributed by atoms with Crippen molar-refractivity contribution in [1.29, 1.82) is 0 Å². The van der Waals surface area contributed by atoms with Gasteiger partial charge in [-0.2, -0.15) is 10.1 Å². The first kappa shape index (κ1) is 22.1. The molecule has 35 heavy (non-hydrogen) atoms. The first-order valence-electron chi connectivity index (χ1n) is 13.0. The number of anilines is 4. The predicted octanol–water partition coefficient (Wildman–Crippen LogP) is 4.72. The molecule has 0 unspecified atom stereocenters. The minimum absolute atomic E-state index is 0.0841. The van der Waals surface area contributed by atoms with Crippen molar-refractivity contribution >= 4 is 29.2 Å². The number of aromatic amines is 1. The number of para-hydroxylation sites is 1. The quantitative estimate of drug-likeness (QED) is 0.541. The van der Waals surface area contributed by atoms with Gasteiger partial charge in [0.25, 0.3) is 0 Å². The molecule has 1 aliphatic heterocycles. The van der Waals surface area contributed by atoms with Crippen LogP contribution >= 0.6 is 0 Å². The van der Waals surface area contributed by atoms with Gasteiger partial charge in [-0.05, 0) is 57.1 Å². The maximum Gasteiger partial charge on any atom is 0.249 e. The molecule has 182 valence electrons. The number of hydrogen-bond donors (Lipinski definition) is 2. The average Bonchev–Trinajstić information content (AvgIpc) is 3.69. The van der Waals surface area contributed by atoms with E-state index in [0.29, 0.717) is 11.9 Å². The maximum atomic E-state index is 13.5. The topological polar surface area (TPSA) is 90.0 Å². The standard InChI is InChI=1S/C27H33N7O/c1-33(19-11-3-2-4-12-19)26(35)23-15-8-16-34(23)27-28-21-14-7-13-20(21)25(30-27)29-24-17-22(31-32-24)18-9-5-6-10-18/h2-4,11-12,17-18,23H,5-10,13-16H2,1H3,(H2,28,29,30,31,32)/t23-/m1/s1. The Kier molecular flexibility index (Phi) is 5.88. The van der Waals surface area contributed by atoms with Crippen molar-refractivity contribution in [3.05, 3.63) is 53.3 Å². The number of amides is 1. The van der Waals surface area contributed by atoms with E-state index in [4.69, 9.17) is 9.97 Å². The summed E-state index contributed by atoms with van der Waals surface area (Å²) in [4.78, 5) is 27.2. The second-order valence-electron chi connectivity index (χ2n) is 10.1. The van der Waals surface area contributed by atoms with Gasteiger partial charge in [0.15, 0.2) is 5.82 Å². The molecule has 1 aromatic carbocycles. The molecule has 1 amide bonds. The summed E-state index contributed by atoms with van der Waals surface area (Å²) in [5.41, 5.74) is 4.39. The number of hydrogen-bond acceptors (Lipinski definition) is 6. The number of aryl methyl sites for hydroxylation is 1. The molecular weight excluding hydrogens is 438 g/mol. The summed E-state index contributed by atoms with van der Waals surface area (Å²) in [7, 11) is 1.85.